The number of hydrogen-bond acceptors (Lipinski definition) is 4. The van der Waals surface area contributed by atoms with Crippen molar-refractivity contribution in [3.8, 4) is 5.75 Å². The molecule has 0 aliphatic heterocycles. The standard InChI is InChI=1S/C17H23ClN2O5/c1-9(2)15(19-10(3)21)16(22)20-13(17(23)24)8-11-5-6-14(25-4)12(18)7-11/h5-7,9,13,15H,8H2,1-4H3,(H,19,21)(H,20,22)(H,23,24)/t13-,15+/m0/s1. The molecule has 0 saturated carbocycles. The van der Waals surface area contributed by atoms with E-state index in [0.29, 0.717) is 16.3 Å². The van der Waals surface area contributed by atoms with Crippen LogP contribution in [0.2, 0.25) is 5.02 Å². The van der Waals surface area contributed by atoms with Gasteiger partial charge in [0.2, 0.25) is 11.8 Å². The van der Waals surface area contributed by atoms with Crippen LogP contribution in [0.3, 0.4) is 0 Å². The highest BCUT2D eigenvalue weighted by Gasteiger charge is 2.28. The molecule has 25 heavy (non-hydrogen) atoms. The lowest BCUT2D eigenvalue weighted by Gasteiger charge is -2.23. The van der Waals surface area contributed by atoms with E-state index in [9.17, 15) is 19.5 Å². The van der Waals surface area contributed by atoms with Gasteiger partial charge in [-0.2, -0.15) is 0 Å². The number of carbonyl (C=O) groups excluding carboxylic acids is 2. The predicted molar refractivity (Wildman–Crippen MR) is 93.7 cm³/mol. The highest BCUT2D eigenvalue weighted by atomic mass is 35.5. The Labute approximate surface area is 151 Å². The van der Waals surface area contributed by atoms with Crippen LogP contribution < -0.4 is 15.4 Å². The molecule has 0 spiro atoms. The van der Waals surface area contributed by atoms with Crippen LogP contribution in [0.1, 0.15) is 26.3 Å². The molecule has 7 nitrogen and oxygen atoms in total. The fourth-order valence-corrected chi connectivity index (χ4v) is 2.57. The number of aliphatic carboxylic acids is 1. The molecule has 2 atom stereocenters. The largest absolute Gasteiger partial charge is 0.495 e. The summed E-state index contributed by atoms with van der Waals surface area (Å²) >= 11 is 6.04. The van der Waals surface area contributed by atoms with Crippen LogP contribution in [-0.4, -0.2) is 42.1 Å². The minimum absolute atomic E-state index is 0.0513. The summed E-state index contributed by atoms with van der Waals surface area (Å²) in [7, 11) is 1.48. The molecule has 8 heteroatoms. The Bertz CT molecular complexity index is 648. The summed E-state index contributed by atoms with van der Waals surface area (Å²) in [4.78, 5) is 35.1. The van der Waals surface area contributed by atoms with Gasteiger partial charge in [-0.05, 0) is 23.6 Å². The molecule has 1 aromatic rings. The van der Waals surface area contributed by atoms with E-state index in [0.717, 1.165) is 0 Å². The molecule has 0 heterocycles. The van der Waals surface area contributed by atoms with Crippen molar-refractivity contribution in [1.29, 1.82) is 0 Å². The Morgan fingerprint density at radius 3 is 2.32 bits per heavy atom. The van der Waals surface area contributed by atoms with E-state index in [4.69, 9.17) is 16.3 Å². The second kappa shape index (κ2) is 9.27. The third-order valence-electron chi connectivity index (χ3n) is 3.58. The summed E-state index contributed by atoms with van der Waals surface area (Å²) in [5.74, 6) is -1.79. The van der Waals surface area contributed by atoms with E-state index >= 15 is 0 Å². The maximum absolute atomic E-state index is 12.4. The minimum atomic E-state index is -1.18. The first-order valence-corrected chi connectivity index (χ1v) is 8.16. The first-order valence-electron chi connectivity index (χ1n) is 7.78. The number of hydrogen-bond donors (Lipinski definition) is 3. The first kappa shape index (κ1) is 20.8. The molecule has 1 rings (SSSR count). The summed E-state index contributed by atoms with van der Waals surface area (Å²) in [5, 5.41) is 14.8. The average molecular weight is 371 g/mol. The Morgan fingerprint density at radius 2 is 1.88 bits per heavy atom. The zero-order chi connectivity index (χ0) is 19.1. The van der Waals surface area contributed by atoms with Gasteiger partial charge in [-0.25, -0.2) is 4.79 Å². The van der Waals surface area contributed by atoms with Crippen molar-refractivity contribution in [3.63, 3.8) is 0 Å². The second-order valence-electron chi connectivity index (χ2n) is 5.99. The fourth-order valence-electron chi connectivity index (χ4n) is 2.29. The summed E-state index contributed by atoms with van der Waals surface area (Å²) in [6, 6.07) is 2.95. The molecule has 3 N–H and O–H groups in total. The zero-order valence-corrected chi connectivity index (χ0v) is 15.4. The maximum Gasteiger partial charge on any atom is 0.326 e. The highest BCUT2D eigenvalue weighted by Crippen LogP contribution is 2.25. The molecule has 0 bridgehead atoms. The Balaban J connectivity index is 2.89. The molecule has 0 fully saturated rings. The lowest BCUT2D eigenvalue weighted by molar-refractivity contribution is -0.142. The van der Waals surface area contributed by atoms with Crippen LogP contribution in [0.4, 0.5) is 0 Å². The molecule has 0 aliphatic rings. The third kappa shape index (κ3) is 6.26. The summed E-state index contributed by atoms with van der Waals surface area (Å²) in [5.41, 5.74) is 0.638. The van der Waals surface area contributed by atoms with Crippen LogP contribution in [0.15, 0.2) is 18.2 Å². The normalized spacial score (nSPS) is 13.0. The number of amides is 2. The molecule has 0 unspecified atom stereocenters. The van der Waals surface area contributed by atoms with Crippen molar-refractivity contribution < 1.29 is 24.2 Å². The Hall–Kier alpha value is -2.28. The highest BCUT2D eigenvalue weighted by molar-refractivity contribution is 6.32. The molecule has 1 aromatic carbocycles. The van der Waals surface area contributed by atoms with E-state index in [1.54, 1.807) is 32.0 Å². The SMILES string of the molecule is COc1ccc(C[C@H](NC(=O)[C@H](NC(C)=O)C(C)C)C(=O)O)cc1Cl. The van der Waals surface area contributed by atoms with E-state index in [2.05, 4.69) is 10.6 Å². The van der Waals surface area contributed by atoms with Crippen LogP contribution >= 0.6 is 11.6 Å². The molecule has 0 aromatic heterocycles. The molecular weight excluding hydrogens is 348 g/mol. The van der Waals surface area contributed by atoms with Gasteiger partial charge in [0.1, 0.15) is 17.8 Å². The molecule has 138 valence electrons. The summed E-state index contributed by atoms with van der Waals surface area (Å²) < 4.78 is 5.05. The number of carbonyl (C=O) groups is 3. The smallest absolute Gasteiger partial charge is 0.326 e. The van der Waals surface area contributed by atoms with Gasteiger partial charge in [0.25, 0.3) is 0 Å². The number of ether oxygens (including phenoxy) is 1. The van der Waals surface area contributed by atoms with Crippen molar-refractivity contribution >= 4 is 29.4 Å². The third-order valence-corrected chi connectivity index (χ3v) is 3.87. The fraction of sp³-hybridized carbons (Fsp3) is 0.471. The number of halogens is 1. The van der Waals surface area contributed by atoms with Gasteiger partial charge >= 0.3 is 5.97 Å². The van der Waals surface area contributed by atoms with Gasteiger partial charge in [0.15, 0.2) is 0 Å². The van der Waals surface area contributed by atoms with Crippen molar-refractivity contribution in [1.82, 2.24) is 10.6 Å². The van der Waals surface area contributed by atoms with Crippen LogP contribution in [0, 0.1) is 5.92 Å². The van der Waals surface area contributed by atoms with Crippen molar-refractivity contribution in [3.05, 3.63) is 28.8 Å². The minimum Gasteiger partial charge on any atom is -0.495 e. The lowest BCUT2D eigenvalue weighted by Crippen LogP contribution is -2.53. The molecule has 2 amide bonds. The van der Waals surface area contributed by atoms with Crippen LogP contribution in [0.25, 0.3) is 0 Å². The van der Waals surface area contributed by atoms with Gasteiger partial charge in [-0.15, -0.1) is 0 Å². The number of benzene rings is 1. The van der Waals surface area contributed by atoms with Gasteiger partial charge in [0.05, 0.1) is 12.1 Å². The van der Waals surface area contributed by atoms with Crippen molar-refractivity contribution in [2.75, 3.05) is 7.11 Å². The van der Waals surface area contributed by atoms with Crippen LogP contribution in [-0.2, 0) is 20.8 Å². The quantitative estimate of drug-likeness (QED) is 0.645. The number of methoxy groups -OCH3 is 1. The number of nitrogens with one attached hydrogen (secondary N) is 2. The molecular formula is C17H23ClN2O5. The van der Waals surface area contributed by atoms with Gasteiger partial charge < -0.3 is 20.5 Å². The van der Waals surface area contributed by atoms with E-state index in [1.807, 2.05) is 0 Å². The number of carboxylic acids is 1. The Kier molecular flexibility index (Phi) is 7.70. The zero-order valence-electron chi connectivity index (χ0n) is 14.6. The summed E-state index contributed by atoms with van der Waals surface area (Å²) in [6.07, 6.45) is 0.0513. The first-order chi connectivity index (χ1) is 11.6. The molecule has 0 radical (unpaired) electrons. The van der Waals surface area contributed by atoms with Crippen LogP contribution in [0.5, 0.6) is 5.75 Å². The van der Waals surface area contributed by atoms with Crippen molar-refractivity contribution in [2.45, 2.75) is 39.3 Å². The summed E-state index contributed by atoms with van der Waals surface area (Å²) in [6.45, 7) is 4.83. The lowest BCUT2D eigenvalue weighted by atomic mass is 10.0. The van der Waals surface area contributed by atoms with E-state index in [1.165, 1.54) is 14.0 Å². The maximum atomic E-state index is 12.4. The topological polar surface area (TPSA) is 105 Å². The van der Waals surface area contributed by atoms with Gasteiger partial charge in [-0.1, -0.05) is 31.5 Å². The average Bonchev–Trinajstić information content (AvgIpc) is 2.51. The molecule has 0 aliphatic carbocycles. The monoisotopic (exact) mass is 370 g/mol. The molecule has 0 saturated heterocycles. The van der Waals surface area contributed by atoms with Crippen molar-refractivity contribution in [2.24, 2.45) is 5.92 Å². The predicted octanol–water partition coefficient (Wildman–Crippen LogP) is 1.62. The van der Waals surface area contributed by atoms with E-state index < -0.39 is 24.0 Å². The number of rotatable bonds is 8. The van der Waals surface area contributed by atoms with Gasteiger partial charge in [-0.3, -0.25) is 9.59 Å². The van der Waals surface area contributed by atoms with Gasteiger partial charge in [0, 0.05) is 13.3 Å². The number of carboxylic acid groups (broad SMARTS) is 1. The second-order valence-corrected chi connectivity index (χ2v) is 6.40. The Morgan fingerprint density at radius 1 is 1.24 bits per heavy atom. The van der Waals surface area contributed by atoms with E-state index in [-0.39, 0.29) is 18.2 Å².